The molecule has 2 aromatic carbocycles. The third kappa shape index (κ3) is 6.33. The average molecular weight is 432 g/mol. The summed E-state index contributed by atoms with van der Waals surface area (Å²) in [5.74, 6) is 0.178. The maximum atomic E-state index is 13.2. The van der Waals surface area contributed by atoms with Gasteiger partial charge in [-0.2, -0.15) is 8.42 Å². The molecule has 0 N–H and O–H groups in total. The first-order valence-electron chi connectivity index (χ1n) is 10.4. The van der Waals surface area contributed by atoms with Gasteiger partial charge in [0.2, 0.25) is 0 Å². The topological polar surface area (TPSA) is 63.7 Å². The van der Waals surface area contributed by atoms with E-state index in [0.717, 1.165) is 12.0 Å². The molecule has 5 nitrogen and oxygen atoms in total. The molecule has 0 saturated heterocycles. The van der Waals surface area contributed by atoms with E-state index in [1.54, 1.807) is 24.3 Å². The van der Waals surface area contributed by atoms with Gasteiger partial charge in [-0.15, -0.1) is 0 Å². The van der Waals surface area contributed by atoms with Gasteiger partial charge in [-0.3, -0.25) is 4.79 Å². The second-order valence-corrected chi connectivity index (χ2v) is 10.5. The minimum atomic E-state index is -3.55. The molecule has 0 aliphatic heterocycles. The van der Waals surface area contributed by atoms with Crippen LogP contribution in [0.4, 0.5) is 0 Å². The van der Waals surface area contributed by atoms with E-state index in [1.165, 1.54) is 12.5 Å². The zero-order valence-corrected chi connectivity index (χ0v) is 19.6. The van der Waals surface area contributed by atoms with Crippen LogP contribution in [0.3, 0.4) is 0 Å². The zero-order chi connectivity index (χ0) is 22.5. The van der Waals surface area contributed by atoms with Crippen molar-refractivity contribution in [3.8, 4) is 5.75 Å². The zero-order valence-electron chi connectivity index (χ0n) is 18.8. The molecule has 0 spiro atoms. The molecule has 0 radical (unpaired) electrons. The molecule has 2 rings (SSSR count). The fraction of sp³-hybridized carbons (Fsp3) is 0.458. The maximum Gasteiger partial charge on any atom is 0.308 e. The number of hydrogen-bond donors (Lipinski definition) is 0. The Labute approximate surface area is 181 Å². The van der Waals surface area contributed by atoms with Crippen molar-refractivity contribution in [2.75, 3.05) is 5.75 Å². The fourth-order valence-corrected chi connectivity index (χ4v) is 3.50. The van der Waals surface area contributed by atoms with Crippen LogP contribution in [0.5, 0.6) is 5.75 Å². The normalized spacial score (nSPS) is 13.0. The molecule has 0 bridgehead atoms. The molecule has 1 atom stereocenters. The van der Waals surface area contributed by atoms with E-state index in [0.29, 0.717) is 12.1 Å². The summed E-state index contributed by atoms with van der Waals surface area (Å²) in [6, 6.07) is 14.7. The van der Waals surface area contributed by atoms with Gasteiger partial charge in [0, 0.05) is 18.2 Å². The summed E-state index contributed by atoms with van der Waals surface area (Å²) in [6.45, 7) is 12.5. The van der Waals surface area contributed by atoms with Gasteiger partial charge in [-0.25, -0.2) is 0 Å². The molecule has 30 heavy (non-hydrogen) atoms. The van der Waals surface area contributed by atoms with Crippen molar-refractivity contribution in [3.63, 3.8) is 0 Å². The number of hydrogen-bond acceptors (Lipinski definition) is 4. The Morgan fingerprint density at radius 1 is 1.00 bits per heavy atom. The monoisotopic (exact) mass is 431 g/mol. The second-order valence-electron chi connectivity index (χ2n) is 8.59. The van der Waals surface area contributed by atoms with E-state index in [-0.39, 0.29) is 28.9 Å². The summed E-state index contributed by atoms with van der Waals surface area (Å²) in [7, 11) is -3.55. The van der Waals surface area contributed by atoms with Gasteiger partial charge in [0.1, 0.15) is 5.75 Å². The van der Waals surface area contributed by atoms with Crippen LogP contribution in [-0.2, 0) is 22.1 Å². The summed E-state index contributed by atoms with van der Waals surface area (Å²) in [4.78, 5) is 15.1. The molecule has 0 fully saturated rings. The molecule has 0 aromatic heterocycles. The van der Waals surface area contributed by atoms with E-state index >= 15 is 0 Å². The van der Waals surface area contributed by atoms with Gasteiger partial charge in [0.25, 0.3) is 5.91 Å². The van der Waals surface area contributed by atoms with Crippen LogP contribution < -0.4 is 4.18 Å². The first-order chi connectivity index (χ1) is 14.0. The largest absolute Gasteiger partial charge is 0.382 e. The van der Waals surface area contributed by atoms with E-state index < -0.39 is 10.1 Å². The Kier molecular flexibility index (Phi) is 7.70. The van der Waals surface area contributed by atoms with E-state index in [1.807, 2.05) is 36.1 Å². The predicted molar refractivity (Wildman–Crippen MR) is 121 cm³/mol. The standard InChI is InChI=1S/C24H33NO4S/c1-7-18(3)25(23(26)20-11-13-21(14-12-20)24(4,5)6)17-19-9-15-22(16-10-19)29-30(27,28)8-2/h9-16,18H,7-8,17H2,1-6H3/t18-/m1/s1. The van der Waals surface area contributed by atoms with Crippen molar-refractivity contribution in [2.45, 2.75) is 66.0 Å². The van der Waals surface area contributed by atoms with E-state index in [2.05, 4.69) is 27.7 Å². The Morgan fingerprint density at radius 3 is 2.03 bits per heavy atom. The van der Waals surface area contributed by atoms with Crippen molar-refractivity contribution in [1.82, 2.24) is 4.90 Å². The van der Waals surface area contributed by atoms with Crippen molar-refractivity contribution < 1.29 is 17.4 Å². The molecule has 164 valence electrons. The van der Waals surface area contributed by atoms with Gasteiger partial charge >= 0.3 is 10.1 Å². The SMILES string of the molecule is CC[C@@H](C)N(Cc1ccc(OS(=O)(=O)CC)cc1)C(=O)c1ccc(C(C)(C)C)cc1. The van der Waals surface area contributed by atoms with Gasteiger partial charge in [-0.1, -0.05) is 52.0 Å². The third-order valence-electron chi connectivity index (χ3n) is 5.23. The summed E-state index contributed by atoms with van der Waals surface area (Å²) >= 11 is 0. The van der Waals surface area contributed by atoms with Gasteiger partial charge in [0.05, 0.1) is 5.75 Å². The quantitative estimate of drug-likeness (QED) is 0.542. The summed E-state index contributed by atoms with van der Waals surface area (Å²) in [6.07, 6.45) is 0.835. The first-order valence-corrected chi connectivity index (χ1v) is 12.0. The number of rotatable bonds is 8. The lowest BCUT2D eigenvalue weighted by Gasteiger charge is -2.29. The summed E-state index contributed by atoms with van der Waals surface area (Å²) in [5.41, 5.74) is 2.80. The molecular weight excluding hydrogens is 398 g/mol. The highest BCUT2D eigenvalue weighted by Crippen LogP contribution is 2.24. The first kappa shape index (κ1) is 23.9. The molecule has 6 heteroatoms. The lowest BCUT2D eigenvalue weighted by atomic mass is 9.86. The van der Waals surface area contributed by atoms with Crippen molar-refractivity contribution in [2.24, 2.45) is 0 Å². The summed E-state index contributed by atoms with van der Waals surface area (Å²) < 4.78 is 28.3. The highest BCUT2D eigenvalue weighted by atomic mass is 32.2. The molecule has 1 amide bonds. The summed E-state index contributed by atoms with van der Waals surface area (Å²) in [5, 5.41) is 0. The molecule has 0 aliphatic carbocycles. The van der Waals surface area contributed by atoms with Crippen molar-refractivity contribution in [3.05, 3.63) is 65.2 Å². The molecule has 0 aliphatic rings. The number of carbonyl (C=O) groups is 1. The van der Waals surface area contributed by atoms with Crippen molar-refractivity contribution >= 4 is 16.0 Å². The highest BCUT2D eigenvalue weighted by Gasteiger charge is 2.22. The molecular formula is C24H33NO4S. The van der Waals surface area contributed by atoms with Crippen LogP contribution in [0.2, 0.25) is 0 Å². The fourth-order valence-electron chi connectivity index (χ4n) is 2.98. The number of benzene rings is 2. The third-order valence-corrected chi connectivity index (χ3v) is 6.39. The molecule has 0 saturated carbocycles. The number of amides is 1. The number of nitrogens with zero attached hydrogens (tertiary/aromatic N) is 1. The maximum absolute atomic E-state index is 13.2. The van der Waals surface area contributed by atoms with Crippen LogP contribution in [0.25, 0.3) is 0 Å². The molecule has 0 heterocycles. The Morgan fingerprint density at radius 2 is 1.57 bits per heavy atom. The van der Waals surface area contributed by atoms with E-state index in [4.69, 9.17) is 4.18 Å². The van der Waals surface area contributed by atoms with E-state index in [9.17, 15) is 13.2 Å². The number of carbonyl (C=O) groups excluding carboxylic acids is 1. The second kappa shape index (κ2) is 9.65. The lowest BCUT2D eigenvalue weighted by molar-refractivity contribution is 0.0671. The lowest BCUT2D eigenvalue weighted by Crippen LogP contribution is -2.37. The minimum Gasteiger partial charge on any atom is -0.382 e. The minimum absolute atomic E-state index is 0.0151. The predicted octanol–water partition coefficient (Wildman–Crippen LogP) is 5.15. The Hall–Kier alpha value is -2.34. The van der Waals surface area contributed by atoms with Crippen molar-refractivity contribution in [1.29, 1.82) is 0 Å². The smallest absolute Gasteiger partial charge is 0.308 e. The Balaban J connectivity index is 2.21. The highest BCUT2D eigenvalue weighted by molar-refractivity contribution is 7.87. The van der Waals surface area contributed by atoms with Crippen LogP contribution in [0.15, 0.2) is 48.5 Å². The van der Waals surface area contributed by atoms with Gasteiger partial charge in [-0.05, 0) is 61.1 Å². The molecule has 0 unspecified atom stereocenters. The Bertz CT molecular complexity index is 942. The van der Waals surface area contributed by atoms with Crippen LogP contribution in [0, 0.1) is 0 Å². The van der Waals surface area contributed by atoms with Gasteiger partial charge in [0.15, 0.2) is 0 Å². The average Bonchev–Trinajstić information content (AvgIpc) is 2.71. The van der Waals surface area contributed by atoms with Crippen LogP contribution in [0.1, 0.15) is 69.4 Å². The van der Waals surface area contributed by atoms with Gasteiger partial charge < -0.3 is 9.08 Å². The van der Waals surface area contributed by atoms with Crippen LogP contribution >= 0.6 is 0 Å². The molecule has 2 aromatic rings. The van der Waals surface area contributed by atoms with Crippen LogP contribution in [-0.4, -0.2) is 31.0 Å².